The number of nitro groups is 1. The topological polar surface area (TPSA) is 108 Å². The van der Waals surface area contributed by atoms with Gasteiger partial charge in [0.05, 0.1) is 4.92 Å². The van der Waals surface area contributed by atoms with E-state index in [4.69, 9.17) is 5.26 Å². The molecule has 7 nitrogen and oxygen atoms in total. The molecule has 0 aliphatic rings. The molecule has 0 atom stereocenters. The summed E-state index contributed by atoms with van der Waals surface area (Å²) in [5.41, 5.74) is 2.38. The fourth-order valence-corrected chi connectivity index (χ4v) is 2.08. The molecule has 0 aliphatic carbocycles. The lowest BCUT2D eigenvalue weighted by atomic mass is 10.1. The summed E-state index contributed by atoms with van der Waals surface area (Å²) in [6.07, 6.45) is 1.35. The van der Waals surface area contributed by atoms with E-state index >= 15 is 0 Å². The first-order valence-corrected chi connectivity index (χ1v) is 7.45. The Morgan fingerprint density at radius 2 is 1.92 bits per heavy atom. The normalized spacial score (nSPS) is 10.6. The zero-order valence-electron chi connectivity index (χ0n) is 13.5. The third-order valence-electron chi connectivity index (χ3n) is 3.50. The van der Waals surface area contributed by atoms with Crippen molar-refractivity contribution < 1.29 is 9.72 Å². The molecule has 1 amide bonds. The van der Waals surface area contributed by atoms with Crippen LogP contribution in [-0.2, 0) is 11.3 Å². The van der Waals surface area contributed by atoms with Gasteiger partial charge in [-0.25, -0.2) is 0 Å². The number of anilines is 1. The van der Waals surface area contributed by atoms with E-state index in [0.29, 0.717) is 12.2 Å². The number of benzene rings is 2. The Morgan fingerprint density at radius 3 is 2.52 bits per heavy atom. The maximum absolute atomic E-state index is 12.1. The molecule has 0 aromatic heterocycles. The van der Waals surface area contributed by atoms with E-state index < -0.39 is 10.8 Å². The Kier molecular flexibility index (Phi) is 5.85. The molecule has 0 heterocycles. The molecular weight excluding hydrogens is 320 g/mol. The molecule has 7 heteroatoms. The number of hydrogen-bond acceptors (Lipinski definition) is 5. The summed E-state index contributed by atoms with van der Waals surface area (Å²) >= 11 is 0. The van der Waals surface area contributed by atoms with Gasteiger partial charge in [-0.15, -0.1) is 0 Å². The van der Waals surface area contributed by atoms with Crippen LogP contribution in [0, 0.1) is 28.4 Å². The zero-order valence-corrected chi connectivity index (χ0v) is 13.5. The van der Waals surface area contributed by atoms with Crippen molar-refractivity contribution in [3.05, 3.63) is 81.5 Å². The average molecular weight is 336 g/mol. The molecular formula is C18H16N4O3. The van der Waals surface area contributed by atoms with Gasteiger partial charge in [-0.3, -0.25) is 14.9 Å². The van der Waals surface area contributed by atoms with Crippen LogP contribution in [0.4, 0.5) is 11.4 Å². The molecule has 2 N–H and O–H groups in total. The van der Waals surface area contributed by atoms with Gasteiger partial charge in [-0.05, 0) is 30.2 Å². The largest absolute Gasteiger partial charge is 0.386 e. The molecule has 0 unspecified atom stereocenters. The number of nitrogens with one attached hydrogen (secondary N) is 2. The second-order valence-electron chi connectivity index (χ2n) is 5.24. The second kappa shape index (κ2) is 8.26. The fourth-order valence-electron chi connectivity index (χ4n) is 2.08. The van der Waals surface area contributed by atoms with E-state index in [-0.39, 0.29) is 11.3 Å². The fraction of sp³-hybridized carbons (Fsp3) is 0.111. The molecule has 126 valence electrons. The average Bonchev–Trinajstić information content (AvgIpc) is 2.60. The van der Waals surface area contributed by atoms with Crippen LogP contribution in [0.3, 0.4) is 0 Å². The Balaban J connectivity index is 1.99. The molecule has 0 spiro atoms. The summed E-state index contributed by atoms with van der Waals surface area (Å²) in [4.78, 5) is 22.2. The van der Waals surface area contributed by atoms with Gasteiger partial charge in [0.2, 0.25) is 0 Å². The number of rotatable bonds is 6. The first-order valence-electron chi connectivity index (χ1n) is 7.45. The van der Waals surface area contributed by atoms with Gasteiger partial charge in [0, 0.05) is 30.6 Å². The number of nitro benzene ring substituents is 1. The smallest absolute Gasteiger partial charge is 0.269 e. The van der Waals surface area contributed by atoms with Crippen LogP contribution in [0.15, 0.2) is 60.3 Å². The van der Waals surface area contributed by atoms with Crippen LogP contribution < -0.4 is 10.6 Å². The van der Waals surface area contributed by atoms with Crippen LogP contribution in [-0.4, -0.2) is 10.8 Å². The van der Waals surface area contributed by atoms with E-state index in [1.807, 2.05) is 37.3 Å². The minimum Gasteiger partial charge on any atom is -0.386 e. The van der Waals surface area contributed by atoms with Crippen LogP contribution in [0.1, 0.15) is 11.1 Å². The van der Waals surface area contributed by atoms with E-state index in [2.05, 4.69) is 10.6 Å². The predicted octanol–water partition coefficient (Wildman–Crippen LogP) is 3.04. The number of non-ortho nitro benzene ring substituents is 1. The van der Waals surface area contributed by atoms with Gasteiger partial charge < -0.3 is 10.6 Å². The monoisotopic (exact) mass is 336 g/mol. The third kappa shape index (κ3) is 4.91. The number of aryl methyl sites for hydroxylation is 1. The van der Waals surface area contributed by atoms with Crippen molar-refractivity contribution in [2.75, 3.05) is 5.32 Å². The van der Waals surface area contributed by atoms with Crippen molar-refractivity contribution in [1.82, 2.24) is 5.32 Å². The summed E-state index contributed by atoms with van der Waals surface area (Å²) < 4.78 is 0. The molecule has 2 rings (SSSR count). The van der Waals surface area contributed by atoms with Gasteiger partial charge in [0.1, 0.15) is 11.6 Å². The third-order valence-corrected chi connectivity index (χ3v) is 3.50. The van der Waals surface area contributed by atoms with Crippen LogP contribution in [0.5, 0.6) is 0 Å². The lowest BCUT2D eigenvalue weighted by Gasteiger charge is -2.07. The quantitative estimate of drug-likeness (QED) is 0.365. The highest BCUT2D eigenvalue weighted by Crippen LogP contribution is 2.16. The Bertz CT molecular complexity index is 851. The highest BCUT2D eigenvalue weighted by Gasteiger charge is 2.10. The van der Waals surface area contributed by atoms with E-state index in [9.17, 15) is 14.9 Å². The van der Waals surface area contributed by atoms with Crippen molar-refractivity contribution in [3.63, 3.8) is 0 Å². The maximum atomic E-state index is 12.1. The van der Waals surface area contributed by atoms with Gasteiger partial charge >= 0.3 is 0 Å². The Morgan fingerprint density at radius 1 is 1.24 bits per heavy atom. The molecule has 0 saturated heterocycles. The molecule has 0 radical (unpaired) electrons. The Labute approximate surface area is 144 Å². The zero-order chi connectivity index (χ0) is 18.2. The first-order chi connectivity index (χ1) is 12.0. The first kappa shape index (κ1) is 17.7. The summed E-state index contributed by atoms with van der Waals surface area (Å²) in [6, 6.07) is 15.0. The summed E-state index contributed by atoms with van der Waals surface area (Å²) in [5.74, 6) is -0.589. The van der Waals surface area contributed by atoms with Crippen LogP contribution in [0.25, 0.3) is 0 Å². The minimum absolute atomic E-state index is 0.0751. The van der Waals surface area contributed by atoms with Crippen molar-refractivity contribution in [2.45, 2.75) is 13.5 Å². The van der Waals surface area contributed by atoms with E-state index in [1.54, 1.807) is 0 Å². The summed E-state index contributed by atoms with van der Waals surface area (Å²) in [5, 5.41) is 25.2. The number of nitriles is 1. The molecule has 0 saturated carbocycles. The summed E-state index contributed by atoms with van der Waals surface area (Å²) in [6.45, 7) is 2.47. The van der Waals surface area contributed by atoms with E-state index in [0.717, 1.165) is 11.1 Å². The van der Waals surface area contributed by atoms with Gasteiger partial charge in [0.25, 0.3) is 11.6 Å². The maximum Gasteiger partial charge on any atom is 0.269 e. The van der Waals surface area contributed by atoms with Crippen molar-refractivity contribution in [3.8, 4) is 6.07 Å². The molecule has 0 aliphatic heterocycles. The van der Waals surface area contributed by atoms with Crippen molar-refractivity contribution in [1.29, 1.82) is 5.26 Å². The standard InChI is InChI=1S/C18H16N4O3/c1-13-4-2-3-5-14(13)11-20-12-15(10-19)18(23)21-16-6-8-17(9-7-16)22(24)25/h2-9,12,20H,11H2,1H3,(H,21,23)/b15-12-. The lowest BCUT2D eigenvalue weighted by molar-refractivity contribution is -0.384. The lowest BCUT2D eigenvalue weighted by Crippen LogP contribution is -2.16. The minimum atomic E-state index is -0.589. The predicted molar refractivity (Wildman–Crippen MR) is 93.4 cm³/mol. The van der Waals surface area contributed by atoms with Crippen molar-refractivity contribution in [2.24, 2.45) is 0 Å². The highest BCUT2D eigenvalue weighted by molar-refractivity contribution is 6.06. The molecule has 25 heavy (non-hydrogen) atoms. The van der Waals surface area contributed by atoms with Gasteiger partial charge in [-0.1, -0.05) is 24.3 Å². The van der Waals surface area contributed by atoms with Crippen LogP contribution >= 0.6 is 0 Å². The number of amides is 1. The van der Waals surface area contributed by atoms with Crippen molar-refractivity contribution >= 4 is 17.3 Å². The summed E-state index contributed by atoms with van der Waals surface area (Å²) in [7, 11) is 0. The number of carbonyl (C=O) groups is 1. The highest BCUT2D eigenvalue weighted by atomic mass is 16.6. The molecule has 0 fully saturated rings. The van der Waals surface area contributed by atoms with E-state index in [1.165, 1.54) is 30.5 Å². The number of carbonyl (C=O) groups excluding carboxylic acids is 1. The molecule has 2 aromatic rings. The number of hydrogen-bond donors (Lipinski definition) is 2. The van der Waals surface area contributed by atoms with Gasteiger partial charge in [0.15, 0.2) is 0 Å². The number of nitrogens with zero attached hydrogens (tertiary/aromatic N) is 2. The van der Waals surface area contributed by atoms with Gasteiger partial charge in [-0.2, -0.15) is 5.26 Å². The Hall–Kier alpha value is -3.66. The second-order valence-corrected chi connectivity index (χ2v) is 5.24. The SMILES string of the molecule is Cc1ccccc1CN/C=C(/C#N)C(=O)Nc1ccc([N+](=O)[O-])cc1. The van der Waals surface area contributed by atoms with Crippen LogP contribution in [0.2, 0.25) is 0 Å². The molecule has 0 bridgehead atoms. The molecule has 2 aromatic carbocycles.